The largest absolute Gasteiger partial charge is 0.497 e. The lowest BCUT2D eigenvalue weighted by atomic mass is 10.2. The molecule has 0 aliphatic carbocycles. The van der Waals surface area contributed by atoms with Crippen molar-refractivity contribution in [1.29, 1.82) is 0 Å². The Hall–Kier alpha value is -1.58. The molecule has 0 bridgehead atoms. The minimum Gasteiger partial charge on any atom is -0.497 e. The molecule has 130 valence electrons. The van der Waals surface area contributed by atoms with Crippen LogP contribution in [0.15, 0.2) is 24.3 Å². The van der Waals surface area contributed by atoms with E-state index in [4.69, 9.17) is 9.47 Å². The highest BCUT2D eigenvalue weighted by Gasteiger charge is 2.52. The average Bonchev–Trinajstić information content (AvgIpc) is 2.58. The van der Waals surface area contributed by atoms with Crippen molar-refractivity contribution in [3.63, 3.8) is 0 Å². The van der Waals surface area contributed by atoms with Crippen LogP contribution in [-0.4, -0.2) is 50.5 Å². The number of ether oxygens (including phenoxy) is 2. The van der Waals surface area contributed by atoms with Gasteiger partial charge in [-0.2, -0.15) is 0 Å². The van der Waals surface area contributed by atoms with Gasteiger partial charge in [0, 0.05) is 6.92 Å². The highest BCUT2D eigenvalue weighted by Crippen LogP contribution is 2.36. The number of carbonyl (C=O) groups excluding carboxylic acids is 3. The van der Waals surface area contributed by atoms with Gasteiger partial charge < -0.3 is 14.6 Å². The number of aliphatic hydroxyl groups is 1. The van der Waals surface area contributed by atoms with E-state index in [2.05, 4.69) is 15.9 Å². The lowest BCUT2D eigenvalue weighted by Crippen LogP contribution is -2.66. The number of methoxy groups -OCH3 is 1. The monoisotopic (exact) mass is 417 g/mol. The molecule has 1 saturated heterocycles. The van der Waals surface area contributed by atoms with Crippen LogP contribution in [0, 0.1) is 0 Å². The molecule has 9 heteroatoms. The second kappa shape index (κ2) is 8.00. The fourth-order valence-corrected chi connectivity index (χ4v) is 3.78. The van der Waals surface area contributed by atoms with Gasteiger partial charge in [-0.1, -0.05) is 39.8 Å². The summed E-state index contributed by atoms with van der Waals surface area (Å²) in [4.78, 5) is 35.3. The number of β-lactam (4-membered cyclic amide) rings is 1. The second-order valence-corrected chi connectivity index (χ2v) is 7.26. The second-order valence-electron chi connectivity index (χ2n) is 4.98. The molecule has 0 aromatic heterocycles. The maximum absolute atomic E-state index is 12.0. The number of carbonyl (C=O) groups is 3. The number of thioether (sulfide) groups is 1. The summed E-state index contributed by atoms with van der Waals surface area (Å²) < 4.78 is 10.0. The number of rotatable bonds is 6. The molecule has 3 atom stereocenters. The van der Waals surface area contributed by atoms with E-state index in [1.54, 1.807) is 31.4 Å². The number of benzene rings is 1. The fourth-order valence-electron chi connectivity index (χ4n) is 2.06. The first-order chi connectivity index (χ1) is 11.3. The van der Waals surface area contributed by atoms with Gasteiger partial charge in [0.2, 0.25) is 12.1 Å². The Bertz CT molecular complexity index is 637. The van der Waals surface area contributed by atoms with E-state index in [-0.39, 0.29) is 11.7 Å². The quantitative estimate of drug-likeness (QED) is 0.423. The van der Waals surface area contributed by atoms with Gasteiger partial charge in [0.1, 0.15) is 22.6 Å². The Balaban J connectivity index is 1.93. The van der Waals surface area contributed by atoms with Crippen molar-refractivity contribution >= 4 is 44.7 Å². The topological polar surface area (TPSA) is 93.1 Å². The number of aliphatic hydroxyl groups excluding tert-OH is 1. The molecule has 1 N–H and O–H groups in total. The molecule has 1 heterocycles. The first-order valence-corrected chi connectivity index (χ1v) is 8.75. The predicted octanol–water partition coefficient (Wildman–Crippen LogP) is 1.27. The van der Waals surface area contributed by atoms with Gasteiger partial charge in [-0.15, -0.1) is 0 Å². The zero-order chi connectivity index (χ0) is 17.9. The lowest BCUT2D eigenvalue weighted by molar-refractivity contribution is -0.178. The molecule has 1 aromatic rings. The van der Waals surface area contributed by atoms with Crippen molar-refractivity contribution in [1.82, 2.24) is 4.90 Å². The van der Waals surface area contributed by atoms with Crippen molar-refractivity contribution in [2.45, 2.75) is 30.0 Å². The van der Waals surface area contributed by atoms with Crippen LogP contribution < -0.4 is 4.74 Å². The summed E-state index contributed by atoms with van der Waals surface area (Å²) in [7, 11) is 1.54. The Kier molecular flexibility index (Phi) is 6.25. The Morgan fingerprint density at radius 3 is 2.54 bits per heavy atom. The van der Waals surface area contributed by atoms with Crippen LogP contribution in [0.4, 0.5) is 0 Å². The third-order valence-corrected chi connectivity index (χ3v) is 5.63. The summed E-state index contributed by atoms with van der Waals surface area (Å²) in [5.74, 6) is -0.751. The third kappa shape index (κ3) is 4.08. The summed E-state index contributed by atoms with van der Waals surface area (Å²) in [5, 5.41) is 9.17. The van der Waals surface area contributed by atoms with Gasteiger partial charge in [-0.3, -0.25) is 14.5 Å². The summed E-state index contributed by atoms with van der Waals surface area (Å²) in [6.07, 6.45) is -1.75. The number of amides is 1. The molecule has 0 saturated carbocycles. The van der Waals surface area contributed by atoms with Crippen molar-refractivity contribution < 1.29 is 29.0 Å². The number of hydrogen-bond acceptors (Lipinski definition) is 7. The molecule has 1 aromatic carbocycles. The molecule has 0 spiro atoms. The molecular weight excluding hydrogens is 402 g/mol. The van der Waals surface area contributed by atoms with E-state index < -0.39 is 28.3 Å². The number of esters is 1. The summed E-state index contributed by atoms with van der Waals surface area (Å²) in [6, 6.07) is 6.87. The minimum atomic E-state index is -1.75. The number of hydrogen-bond donors (Lipinski definition) is 1. The van der Waals surface area contributed by atoms with Crippen LogP contribution in [-0.2, 0) is 25.7 Å². The molecule has 2 rings (SSSR count). The summed E-state index contributed by atoms with van der Waals surface area (Å²) in [5.41, 5.74) is 0.708. The van der Waals surface area contributed by atoms with E-state index in [1.807, 2.05) is 0 Å². The predicted molar refractivity (Wildman–Crippen MR) is 90.4 cm³/mol. The molecule has 1 aliphatic heterocycles. The molecule has 0 radical (unpaired) electrons. The smallest absolute Gasteiger partial charge is 0.356 e. The van der Waals surface area contributed by atoms with Gasteiger partial charge >= 0.3 is 5.97 Å². The first kappa shape index (κ1) is 18.8. The van der Waals surface area contributed by atoms with Crippen LogP contribution in [0.2, 0.25) is 0 Å². The van der Waals surface area contributed by atoms with Gasteiger partial charge in [0.05, 0.1) is 7.11 Å². The number of halogens is 1. The van der Waals surface area contributed by atoms with Crippen molar-refractivity contribution in [2.24, 2.45) is 0 Å². The maximum atomic E-state index is 12.0. The van der Waals surface area contributed by atoms with Crippen molar-refractivity contribution in [3.8, 4) is 5.75 Å². The Morgan fingerprint density at radius 1 is 1.38 bits per heavy atom. The minimum absolute atomic E-state index is 0.0514. The molecule has 1 unspecified atom stereocenters. The van der Waals surface area contributed by atoms with Crippen LogP contribution >= 0.6 is 27.7 Å². The summed E-state index contributed by atoms with van der Waals surface area (Å²) >= 11 is 3.99. The number of alkyl halides is 1. The van der Waals surface area contributed by atoms with Crippen LogP contribution in [0.3, 0.4) is 0 Å². The molecule has 1 amide bonds. The zero-order valence-corrected chi connectivity index (χ0v) is 15.4. The summed E-state index contributed by atoms with van der Waals surface area (Å²) in [6.45, 7) is 1.30. The van der Waals surface area contributed by atoms with E-state index in [0.717, 1.165) is 16.7 Å². The number of likely N-dealkylation sites (tertiary alicyclic amines) is 1. The van der Waals surface area contributed by atoms with Crippen molar-refractivity contribution in [3.05, 3.63) is 29.8 Å². The van der Waals surface area contributed by atoms with E-state index in [0.29, 0.717) is 11.3 Å². The van der Waals surface area contributed by atoms with Gasteiger partial charge in [0.25, 0.3) is 0 Å². The first-order valence-electron chi connectivity index (χ1n) is 6.96. The van der Waals surface area contributed by atoms with E-state index in [1.165, 1.54) is 6.92 Å². The molecule has 24 heavy (non-hydrogen) atoms. The maximum Gasteiger partial charge on any atom is 0.356 e. The standard InChI is InChI=1S/C15H16BrNO6S/c1-8(18)24-14-11(16)12(19)17(14)13(20)15(21)23-7-9-3-5-10(22-2)6-4-9/h3-6,11,13-14,20H,7H2,1-2H3/t11-,13?,14+/m0/s1. The molecular formula is C15H16BrNO6S. The molecule has 1 aliphatic rings. The highest BCUT2D eigenvalue weighted by atomic mass is 79.9. The van der Waals surface area contributed by atoms with Crippen LogP contribution in [0.1, 0.15) is 12.5 Å². The van der Waals surface area contributed by atoms with Crippen LogP contribution in [0.5, 0.6) is 5.75 Å². The Labute approximate surface area is 151 Å². The van der Waals surface area contributed by atoms with E-state index in [9.17, 15) is 19.5 Å². The number of nitrogens with zero attached hydrogens (tertiary/aromatic N) is 1. The van der Waals surface area contributed by atoms with Gasteiger partial charge in [-0.05, 0) is 17.7 Å². The average molecular weight is 418 g/mol. The zero-order valence-electron chi connectivity index (χ0n) is 13.0. The van der Waals surface area contributed by atoms with Gasteiger partial charge in [-0.25, -0.2) is 4.79 Å². The Morgan fingerprint density at radius 2 is 2.00 bits per heavy atom. The fraction of sp³-hybridized carbons (Fsp3) is 0.400. The van der Waals surface area contributed by atoms with Crippen molar-refractivity contribution in [2.75, 3.05) is 7.11 Å². The lowest BCUT2D eigenvalue weighted by Gasteiger charge is -2.44. The highest BCUT2D eigenvalue weighted by molar-refractivity contribution is 9.10. The van der Waals surface area contributed by atoms with Crippen LogP contribution in [0.25, 0.3) is 0 Å². The van der Waals surface area contributed by atoms with Gasteiger partial charge in [0.15, 0.2) is 5.12 Å². The molecule has 7 nitrogen and oxygen atoms in total. The normalized spacial score (nSPS) is 21.0. The third-order valence-electron chi connectivity index (χ3n) is 3.32. The molecule has 1 fully saturated rings. The SMILES string of the molecule is COc1ccc(COC(=O)C(O)N2C(=O)[C@H](Br)[C@H]2SC(C)=O)cc1. The van der Waals surface area contributed by atoms with E-state index >= 15 is 0 Å².